The van der Waals surface area contributed by atoms with Gasteiger partial charge < -0.3 is 10.1 Å². The Balaban J connectivity index is 2.40. The minimum absolute atomic E-state index is 0.118. The molecule has 0 heterocycles. The van der Waals surface area contributed by atoms with Crippen LogP contribution in [0, 0.1) is 5.82 Å². The molecule has 2 N–H and O–H groups in total. The number of carbonyl (C=O) groups is 3. The van der Waals surface area contributed by atoms with Crippen LogP contribution in [0.4, 0.5) is 9.18 Å². The van der Waals surface area contributed by atoms with Crippen LogP contribution in [0.1, 0.15) is 17.3 Å². The molecular formula is C12H13FN2O4. The molecule has 3 amide bonds. The third-order valence-electron chi connectivity index (χ3n) is 2.00. The van der Waals surface area contributed by atoms with Gasteiger partial charge in [0.25, 0.3) is 5.91 Å². The van der Waals surface area contributed by atoms with Crippen LogP contribution in [0.5, 0.6) is 0 Å². The molecular weight excluding hydrogens is 255 g/mol. The fraction of sp³-hybridized carbons (Fsp3) is 0.250. The van der Waals surface area contributed by atoms with Gasteiger partial charge in [-0.1, -0.05) is 0 Å². The largest absolute Gasteiger partial charge is 0.452 e. The monoisotopic (exact) mass is 268 g/mol. The molecule has 0 aromatic heterocycles. The number of hydrogen-bond acceptors (Lipinski definition) is 4. The maximum atomic E-state index is 12.6. The third kappa shape index (κ3) is 5.15. The van der Waals surface area contributed by atoms with Gasteiger partial charge >= 0.3 is 12.0 Å². The molecule has 0 fully saturated rings. The van der Waals surface area contributed by atoms with Gasteiger partial charge in [-0.3, -0.25) is 10.1 Å². The summed E-state index contributed by atoms with van der Waals surface area (Å²) in [5, 5.41) is 4.32. The highest BCUT2D eigenvalue weighted by Gasteiger charge is 2.11. The fourth-order valence-electron chi connectivity index (χ4n) is 1.17. The summed E-state index contributed by atoms with van der Waals surface area (Å²) in [5.41, 5.74) is 0.118. The fourth-order valence-corrected chi connectivity index (χ4v) is 1.17. The second-order valence-corrected chi connectivity index (χ2v) is 3.49. The number of benzene rings is 1. The molecule has 1 aromatic carbocycles. The quantitative estimate of drug-likeness (QED) is 0.792. The molecule has 102 valence electrons. The van der Waals surface area contributed by atoms with E-state index in [1.807, 2.05) is 5.32 Å². The number of urea groups is 1. The van der Waals surface area contributed by atoms with E-state index in [1.165, 1.54) is 12.1 Å². The summed E-state index contributed by atoms with van der Waals surface area (Å²) < 4.78 is 17.3. The third-order valence-corrected chi connectivity index (χ3v) is 2.00. The summed E-state index contributed by atoms with van der Waals surface area (Å²) in [6, 6.07) is 4.01. The van der Waals surface area contributed by atoms with Crippen molar-refractivity contribution in [3.05, 3.63) is 35.6 Å². The van der Waals surface area contributed by atoms with E-state index in [1.54, 1.807) is 6.92 Å². The number of imide groups is 1. The summed E-state index contributed by atoms with van der Waals surface area (Å²) in [5.74, 6) is -2.00. The van der Waals surface area contributed by atoms with E-state index in [2.05, 4.69) is 10.1 Å². The Morgan fingerprint density at radius 1 is 1.21 bits per heavy atom. The van der Waals surface area contributed by atoms with Crippen molar-refractivity contribution >= 4 is 17.9 Å². The predicted octanol–water partition coefficient (Wildman–Crippen LogP) is 0.828. The van der Waals surface area contributed by atoms with E-state index < -0.39 is 30.3 Å². The summed E-state index contributed by atoms with van der Waals surface area (Å²) in [4.78, 5) is 33.6. The van der Waals surface area contributed by atoms with Crippen molar-refractivity contribution in [2.45, 2.75) is 6.92 Å². The number of nitrogens with one attached hydrogen (secondary N) is 2. The maximum absolute atomic E-state index is 12.6. The number of amides is 3. The first-order chi connectivity index (χ1) is 9.02. The van der Waals surface area contributed by atoms with Gasteiger partial charge in [0.1, 0.15) is 5.82 Å². The Morgan fingerprint density at radius 2 is 1.84 bits per heavy atom. The van der Waals surface area contributed by atoms with Crippen LogP contribution in [-0.4, -0.2) is 31.1 Å². The van der Waals surface area contributed by atoms with Crippen molar-refractivity contribution in [1.82, 2.24) is 10.6 Å². The average Bonchev–Trinajstić information content (AvgIpc) is 2.37. The molecule has 7 heteroatoms. The van der Waals surface area contributed by atoms with E-state index >= 15 is 0 Å². The first kappa shape index (κ1) is 14.6. The molecule has 19 heavy (non-hydrogen) atoms. The topological polar surface area (TPSA) is 84.5 Å². The first-order valence-electron chi connectivity index (χ1n) is 5.53. The smallest absolute Gasteiger partial charge is 0.338 e. The van der Waals surface area contributed by atoms with Crippen molar-refractivity contribution in [1.29, 1.82) is 0 Å². The normalized spacial score (nSPS) is 9.58. The van der Waals surface area contributed by atoms with Crippen molar-refractivity contribution in [3.63, 3.8) is 0 Å². The molecule has 1 rings (SSSR count). The van der Waals surface area contributed by atoms with Gasteiger partial charge in [0.15, 0.2) is 6.61 Å². The lowest BCUT2D eigenvalue weighted by atomic mass is 10.2. The van der Waals surface area contributed by atoms with Gasteiger partial charge in [0.05, 0.1) is 5.56 Å². The van der Waals surface area contributed by atoms with Crippen molar-refractivity contribution < 1.29 is 23.5 Å². The zero-order valence-corrected chi connectivity index (χ0v) is 10.2. The Labute approximate surface area is 108 Å². The molecule has 0 bridgehead atoms. The molecule has 0 radical (unpaired) electrons. The molecule has 1 aromatic rings. The molecule has 0 aliphatic carbocycles. The Bertz CT molecular complexity index is 473. The molecule has 0 atom stereocenters. The minimum atomic E-state index is -0.772. The van der Waals surface area contributed by atoms with Crippen LogP contribution in [-0.2, 0) is 9.53 Å². The van der Waals surface area contributed by atoms with E-state index in [9.17, 15) is 18.8 Å². The van der Waals surface area contributed by atoms with E-state index in [-0.39, 0.29) is 5.56 Å². The average molecular weight is 268 g/mol. The van der Waals surface area contributed by atoms with Gasteiger partial charge in [0.2, 0.25) is 0 Å². The number of carbonyl (C=O) groups excluding carboxylic acids is 3. The van der Waals surface area contributed by atoms with Crippen LogP contribution in [0.25, 0.3) is 0 Å². The molecule has 0 unspecified atom stereocenters. The summed E-state index contributed by atoms with van der Waals surface area (Å²) in [6.45, 7) is 1.47. The first-order valence-corrected chi connectivity index (χ1v) is 5.53. The van der Waals surface area contributed by atoms with E-state index in [0.29, 0.717) is 6.54 Å². The van der Waals surface area contributed by atoms with Crippen LogP contribution >= 0.6 is 0 Å². The second-order valence-electron chi connectivity index (χ2n) is 3.49. The predicted molar refractivity (Wildman–Crippen MR) is 63.9 cm³/mol. The molecule has 0 spiro atoms. The van der Waals surface area contributed by atoms with Crippen LogP contribution in [0.3, 0.4) is 0 Å². The second kappa shape index (κ2) is 7.10. The van der Waals surface area contributed by atoms with Gasteiger partial charge in [-0.25, -0.2) is 14.0 Å². The SMILES string of the molecule is CCNC(=O)NC(=O)COC(=O)c1ccc(F)cc1. The summed E-state index contributed by atoms with van der Waals surface area (Å²) in [7, 11) is 0. The minimum Gasteiger partial charge on any atom is -0.452 e. The van der Waals surface area contributed by atoms with E-state index in [4.69, 9.17) is 0 Å². The molecule has 0 saturated heterocycles. The number of hydrogen-bond donors (Lipinski definition) is 2. The number of halogens is 1. The number of ether oxygens (including phenoxy) is 1. The zero-order chi connectivity index (χ0) is 14.3. The molecule has 0 aliphatic rings. The lowest BCUT2D eigenvalue weighted by Gasteiger charge is -2.06. The highest BCUT2D eigenvalue weighted by atomic mass is 19.1. The van der Waals surface area contributed by atoms with Crippen LogP contribution in [0.15, 0.2) is 24.3 Å². The van der Waals surface area contributed by atoms with Gasteiger partial charge in [-0.2, -0.15) is 0 Å². The lowest BCUT2D eigenvalue weighted by Crippen LogP contribution is -2.41. The highest BCUT2D eigenvalue weighted by Crippen LogP contribution is 2.04. The van der Waals surface area contributed by atoms with Crippen LogP contribution < -0.4 is 10.6 Å². The maximum Gasteiger partial charge on any atom is 0.338 e. The van der Waals surface area contributed by atoms with E-state index in [0.717, 1.165) is 12.1 Å². The van der Waals surface area contributed by atoms with Gasteiger partial charge in [0, 0.05) is 6.54 Å². The number of rotatable bonds is 4. The standard InChI is InChI=1S/C12H13FN2O4/c1-2-14-12(18)15-10(16)7-19-11(17)8-3-5-9(13)6-4-8/h3-6H,2,7H2,1H3,(H2,14,15,16,18). The van der Waals surface area contributed by atoms with Gasteiger partial charge in [-0.15, -0.1) is 0 Å². The Morgan fingerprint density at radius 3 is 2.42 bits per heavy atom. The van der Waals surface area contributed by atoms with Crippen molar-refractivity contribution in [2.75, 3.05) is 13.2 Å². The molecule has 6 nitrogen and oxygen atoms in total. The highest BCUT2D eigenvalue weighted by molar-refractivity contribution is 5.96. The van der Waals surface area contributed by atoms with Crippen molar-refractivity contribution in [3.8, 4) is 0 Å². The molecule has 0 saturated carbocycles. The summed E-state index contributed by atoms with van der Waals surface area (Å²) >= 11 is 0. The van der Waals surface area contributed by atoms with Crippen LogP contribution in [0.2, 0.25) is 0 Å². The van der Waals surface area contributed by atoms with Crippen molar-refractivity contribution in [2.24, 2.45) is 0 Å². The van der Waals surface area contributed by atoms with Gasteiger partial charge in [-0.05, 0) is 31.2 Å². The molecule has 0 aliphatic heterocycles. The zero-order valence-electron chi connectivity index (χ0n) is 10.2. The number of esters is 1. The Kier molecular flexibility index (Phi) is 5.46. The summed E-state index contributed by atoms with van der Waals surface area (Å²) in [6.07, 6.45) is 0. The lowest BCUT2D eigenvalue weighted by molar-refractivity contribution is -0.123. The Hall–Kier alpha value is -2.44.